The lowest BCUT2D eigenvalue weighted by Gasteiger charge is -2.27. The highest BCUT2D eigenvalue weighted by Gasteiger charge is 2.32. The van der Waals surface area contributed by atoms with Crippen molar-refractivity contribution in [1.82, 2.24) is 4.90 Å². The SMILES string of the molecule is O=C(COC(=O)CCCN1C(=O)c2cccc3cccc(c23)C1=O)Nc1cc([N+](=O)[O-])ccc1Cl. The third-order valence-corrected chi connectivity index (χ3v) is 5.75. The molecule has 0 unspecified atom stereocenters. The van der Waals surface area contributed by atoms with Crippen LogP contribution in [-0.4, -0.2) is 46.7 Å². The van der Waals surface area contributed by atoms with E-state index < -0.39 is 35.2 Å². The second-order valence-electron chi connectivity index (χ2n) is 7.70. The van der Waals surface area contributed by atoms with Crippen LogP contribution < -0.4 is 5.32 Å². The summed E-state index contributed by atoms with van der Waals surface area (Å²) in [4.78, 5) is 61.1. The Hall–Kier alpha value is -4.31. The van der Waals surface area contributed by atoms with Crippen molar-refractivity contribution in [2.75, 3.05) is 18.5 Å². The number of carbonyl (C=O) groups is 4. The van der Waals surface area contributed by atoms with Crippen LogP contribution in [0.25, 0.3) is 10.8 Å². The summed E-state index contributed by atoms with van der Waals surface area (Å²) in [7, 11) is 0. The number of halogens is 1. The number of esters is 1. The number of hydrogen-bond acceptors (Lipinski definition) is 7. The second kappa shape index (κ2) is 9.90. The van der Waals surface area contributed by atoms with Crippen LogP contribution in [0.3, 0.4) is 0 Å². The molecule has 3 aromatic rings. The largest absolute Gasteiger partial charge is 0.456 e. The molecule has 0 saturated carbocycles. The van der Waals surface area contributed by atoms with Gasteiger partial charge in [-0.05, 0) is 30.0 Å². The lowest BCUT2D eigenvalue weighted by Crippen LogP contribution is -2.41. The Morgan fingerprint density at radius 2 is 1.69 bits per heavy atom. The third-order valence-electron chi connectivity index (χ3n) is 5.42. The maximum Gasteiger partial charge on any atom is 0.306 e. The molecule has 1 aliphatic heterocycles. The second-order valence-corrected chi connectivity index (χ2v) is 8.11. The lowest BCUT2D eigenvalue weighted by atomic mass is 9.94. The van der Waals surface area contributed by atoms with Gasteiger partial charge < -0.3 is 10.1 Å². The standard InChI is InChI=1S/C24H18ClN3O7/c25-18-10-9-15(28(33)34)12-19(18)26-20(29)13-35-21(30)8-3-11-27-23(31)16-6-1-4-14-5-2-7-17(22(14)16)24(27)32/h1-2,4-7,9-10,12H,3,8,11,13H2,(H,26,29). The first kappa shape index (κ1) is 23.8. The van der Waals surface area contributed by atoms with Gasteiger partial charge in [-0.1, -0.05) is 35.9 Å². The molecule has 0 atom stereocenters. The predicted molar refractivity (Wildman–Crippen MR) is 126 cm³/mol. The molecule has 1 N–H and O–H groups in total. The van der Waals surface area contributed by atoms with Crippen LogP contribution in [0.5, 0.6) is 0 Å². The smallest absolute Gasteiger partial charge is 0.306 e. The van der Waals surface area contributed by atoms with E-state index in [2.05, 4.69) is 5.32 Å². The average molecular weight is 496 g/mol. The van der Waals surface area contributed by atoms with Crippen LogP contribution in [0.4, 0.5) is 11.4 Å². The van der Waals surface area contributed by atoms with Crippen LogP contribution in [-0.2, 0) is 14.3 Å². The number of nitrogens with zero attached hydrogens (tertiary/aromatic N) is 2. The van der Waals surface area contributed by atoms with Gasteiger partial charge in [-0.2, -0.15) is 0 Å². The van der Waals surface area contributed by atoms with E-state index in [9.17, 15) is 29.3 Å². The molecule has 11 heteroatoms. The fourth-order valence-corrected chi connectivity index (χ4v) is 3.96. The number of anilines is 1. The highest BCUT2D eigenvalue weighted by molar-refractivity contribution is 6.33. The third kappa shape index (κ3) is 4.97. The van der Waals surface area contributed by atoms with Gasteiger partial charge in [-0.3, -0.25) is 34.2 Å². The number of benzene rings is 3. The maximum absolute atomic E-state index is 12.9. The van der Waals surface area contributed by atoms with E-state index in [4.69, 9.17) is 16.3 Å². The van der Waals surface area contributed by atoms with Gasteiger partial charge in [0.05, 0.1) is 15.6 Å². The van der Waals surface area contributed by atoms with Gasteiger partial charge in [-0.25, -0.2) is 0 Å². The molecule has 0 fully saturated rings. The Kier molecular flexibility index (Phi) is 6.74. The van der Waals surface area contributed by atoms with E-state index in [1.54, 1.807) is 24.3 Å². The van der Waals surface area contributed by atoms with Crippen LogP contribution in [0.15, 0.2) is 54.6 Å². The fraction of sp³-hybridized carbons (Fsp3) is 0.167. The number of imide groups is 1. The number of nitrogens with one attached hydrogen (secondary N) is 1. The molecule has 178 valence electrons. The minimum absolute atomic E-state index is 0.00692. The van der Waals surface area contributed by atoms with Crippen molar-refractivity contribution in [2.45, 2.75) is 12.8 Å². The summed E-state index contributed by atoms with van der Waals surface area (Å²) in [6, 6.07) is 14.0. The molecule has 3 amide bonds. The quantitative estimate of drug-likeness (QED) is 0.216. The highest BCUT2D eigenvalue weighted by Crippen LogP contribution is 2.30. The van der Waals surface area contributed by atoms with Gasteiger partial charge in [0.15, 0.2) is 6.61 Å². The van der Waals surface area contributed by atoms with Crippen molar-refractivity contribution in [3.05, 3.63) is 80.9 Å². The molecule has 35 heavy (non-hydrogen) atoms. The first-order chi connectivity index (χ1) is 16.8. The monoisotopic (exact) mass is 495 g/mol. The van der Waals surface area contributed by atoms with Crippen LogP contribution in [0.2, 0.25) is 5.02 Å². The van der Waals surface area contributed by atoms with Crippen LogP contribution in [0.1, 0.15) is 33.6 Å². The molecule has 1 aliphatic rings. The Labute approximate surface area is 203 Å². The molecule has 0 bridgehead atoms. The summed E-state index contributed by atoms with van der Waals surface area (Å²) in [6.45, 7) is -0.623. The van der Waals surface area contributed by atoms with Gasteiger partial charge in [0.1, 0.15) is 0 Å². The zero-order valence-corrected chi connectivity index (χ0v) is 18.9. The van der Waals surface area contributed by atoms with Gasteiger partial charge in [0.25, 0.3) is 23.4 Å². The van der Waals surface area contributed by atoms with Gasteiger partial charge in [-0.15, -0.1) is 0 Å². The van der Waals surface area contributed by atoms with E-state index in [1.165, 1.54) is 12.1 Å². The molecule has 4 rings (SSSR count). The van der Waals surface area contributed by atoms with E-state index in [-0.39, 0.29) is 35.8 Å². The topological polar surface area (TPSA) is 136 Å². The Morgan fingerprint density at radius 3 is 2.31 bits per heavy atom. The van der Waals surface area contributed by atoms with Gasteiger partial charge >= 0.3 is 5.97 Å². The lowest BCUT2D eigenvalue weighted by molar-refractivity contribution is -0.384. The molecule has 3 aromatic carbocycles. The number of nitro benzene ring substituents is 1. The van der Waals surface area contributed by atoms with Crippen molar-refractivity contribution >= 4 is 57.4 Å². The van der Waals surface area contributed by atoms with Gasteiger partial charge in [0, 0.05) is 41.6 Å². The molecular weight excluding hydrogens is 478 g/mol. The molecule has 0 aliphatic carbocycles. The molecule has 0 aromatic heterocycles. The van der Waals surface area contributed by atoms with Crippen LogP contribution in [0, 0.1) is 10.1 Å². The van der Waals surface area contributed by atoms with Crippen molar-refractivity contribution in [3.63, 3.8) is 0 Å². The summed E-state index contributed by atoms with van der Waals surface area (Å²) in [6.07, 6.45) is 0.0144. The number of nitro groups is 1. The van der Waals surface area contributed by atoms with E-state index in [0.29, 0.717) is 16.5 Å². The molecule has 0 radical (unpaired) electrons. The highest BCUT2D eigenvalue weighted by atomic mass is 35.5. The van der Waals surface area contributed by atoms with Crippen molar-refractivity contribution < 1.29 is 28.8 Å². The number of rotatable bonds is 8. The van der Waals surface area contributed by atoms with Crippen molar-refractivity contribution in [3.8, 4) is 0 Å². The van der Waals surface area contributed by atoms with E-state index in [1.807, 2.05) is 12.1 Å². The van der Waals surface area contributed by atoms with E-state index >= 15 is 0 Å². The number of carbonyl (C=O) groups excluding carboxylic acids is 4. The summed E-state index contributed by atoms with van der Waals surface area (Å²) in [5, 5.41) is 14.7. The molecule has 0 saturated heterocycles. The van der Waals surface area contributed by atoms with Crippen molar-refractivity contribution in [2.24, 2.45) is 0 Å². The summed E-state index contributed by atoms with van der Waals surface area (Å²) in [5.41, 5.74) is 0.607. The number of hydrogen-bond donors (Lipinski definition) is 1. The summed E-state index contributed by atoms with van der Waals surface area (Å²) < 4.78 is 4.92. The number of non-ortho nitro benzene ring substituents is 1. The summed E-state index contributed by atoms with van der Waals surface area (Å²) in [5.74, 6) is -2.29. The molecular formula is C24H18ClN3O7. The first-order valence-electron chi connectivity index (χ1n) is 10.5. The van der Waals surface area contributed by atoms with Crippen LogP contribution >= 0.6 is 11.6 Å². The number of ether oxygens (including phenoxy) is 1. The maximum atomic E-state index is 12.9. The summed E-state index contributed by atoms with van der Waals surface area (Å²) >= 11 is 5.93. The Bertz CT molecular complexity index is 1340. The van der Waals surface area contributed by atoms with Crippen molar-refractivity contribution in [1.29, 1.82) is 0 Å². The van der Waals surface area contributed by atoms with Gasteiger partial charge in [0.2, 0.25) is 0 Å². The average Bonchev–Trinajstić information content (AvgIpc) is 2.84. The van der Waals surface area contributed by atoms with E-state index in [0.717, 1.165) is 16.4 Å². The minimum Gasteiger partial charge on any atom is -0.456 e. The zero-order chi connectivity index (χ0) is 25.1. The predicted octanol–water partition coefficient (Wildman–Crippen LogP) is 3.96. The fourth-order valence-electron chi connectivity index (χ4n) is 3.79. The normalized spacial score (nSPS) is 12.5. The zero-order valence-electron chi connectivity index (χ0n) is 18.2. The molecule has 1 heterocycles. The number of amides is 3. The Morgan fingerprint density at radius 1 is 1.03 bits per heavy atom. The molecule has 0 spiro atoms. The minimum atomic E-state index is -0.730. The molecule has 10 nitrogen and oxygen atoms in total. The first-order valence-corrected chi connectivity index (χ1v) is 10.9. The Balaban J connectivity index is 1.29.